The quantitative estimate of drug-likeness (QED) is 0.605. The van der Waals surface area contributed by atoms with Crippen molar-refractivity contribution < 1.29 is 13.2 Å². The van der Waals surface area contributed by atoms with Gasteiger partial charge in [0.2, 0.25) is 5.91 Å². The van der Waals surface area contributed by atoms with E-state index < -0.39 is 15.1 Å². The molecule has 136 valence electrons. The summed E-state index contributed by atoms with van der Waals surface area (Å²) in [5.41, 5.74) is 0. The fourth-order valence-corrected chi connectivity index (χ4v) is 5.65. The van der Waals surface area contributed by atoms with Gasteiger partial charge in [-0.1, -0.05) is 12.8 Å². The largest absolute Gasteiger partial charge is 0.343 e. The fourth-order valence-electron chi connectivity index (χ4n) is 3.51. The molecule has 2 rings (SSSR count). The van der Waals surface area contributed by atoms with E-state index in [1.165, 1.54) is 0 Å². The van der Waals surface area contributed by atoms with Crippen molar-refractivity contribution in [3.05, 3.63) is 24.3 Å². The van der Waals surface area contributed by atoms with Crippen LogP contribution in [-0.2, 0) is 14.6 Å². The van der Waals surface area contributed by atoms with Crippen LogP contribution in [0.3, 0.4) is 0 Å². The van der Waals surface area contributed by atoms with Gasteiger partial charge in [0.15, 0.2) is 9.84 Å². The molecule has 0 spiro atoms. The van der Waals surface area contributed by atoms with Gasteiger partial charge in [-0.25, -0.2) is 8.42 Å². The van der Waals surface area contributed by atoms with E-state index in [9.17, 15) is 13.2 Å². The summed E-state index contributed by atoms with van der Waals surface area (Å²) in [5, 5.41) is 10.6. The number of sulfone groups is 1. The van der Waals surface area contributed by atoms with Gasteiger partial charge in [0.05, 0.1) is 16.2 Å². The topological polar surface area (TPSA) is 87.0 Å². The minimum Gasteiger partial charge on any atom is -0.343 e. The van der Waals surface area contributed by atoms with Gasteiger partial charge in [0.1, 0.15) is 6.54 Å². The lowest BCUT2D eigenvalue weighted by Gasteiger charge is -2.34. The maximum absolute atomic E-state index is 13.0. The Kier molecular flexibility index (Phi) is 6.91. The zero-order valence-electron chi connectivity index (χ0n) is 14.6. The molecule has 1 fully saturated rings. The van der Waals surface area contributed by atoms with Crippen molar-refractivity contribution in [2.45, 2.75) is 47.6 Å². The Morgan fingerprint density at radius 1 is 1.32 bits per heavy atom. The summed E-state index contributed by atoms with van der Waals surface area (Å²) in [6.45, 7) is 1.66. The first kappa shape index (κ1) is 19.8. The Bertz CT molecular complexity index is 739. The molecule has 0 radical (unpaired) electrons. The van der Waals surface area contributed by atoms with Crippen LogP contribution in [0.25, 0.3) is 0 Å². The Hall–Kier alpha value is -1.52. The molecular weight excluding hydrogens is 356 g/mol. The number of carbonyl (C=O) groups excluding carboxylic acids is 1. The molecule has 1 aromatic carbocycles. The standard InChI is InChI=1S/C18H24N2O3S2/c1-13(25(22,23)15-9-7-14(24-2)8-10-15)16-5-3-4-6-17(16)18(21)20-12-11-19/h7-10,13,16-17H,3-6,12H2,1-2H3,(H,20,21). The van der Waals surface area contributed by atoms with Crippen LogP contribution in [0.4, 0.5) is 0 Å². The van der Waals surface area contributed by atoms with E-state index in [0.717, 1.165) is 17.7 Å². The molecule has 1 saturated carbocycles. The molecule has 1 amide bonds. The summed E-state index contributed by atoms with van der Waals surface area (Å²) < 4.78 is 26.0. The first-order chi connectivity index (χ1) is 11.9. The van der Waals surface area contributed by atoms with Gasteiger partial charge in [-0.2, -0.15) is 5.26 Å². The molecular formula is C18H24N2O3S2. The second-order valence-corrected chi connectivity index (χ2v) is 9.54. The van der Waals surface area contributed by atoms with Crippen molar-refractivity contribution in [1.29, 1.82) is 5.26 Å². The van der Waals surface area contributed by atoms with E-state index in [4.69, 9.17) is 5.26 Å². The van der Waals surface area contributed by atoms with Gasteiger partial charge in [-0.15, -0.1) is 11.8 Å². The third kappa shape index (κ3) is 4.56. The second-order valence-electron chi connectivity index (χ2n) is 6.36. The maximum Gasteiger partial charge on any atom is 0.224 e. The highest BCUT2D eigenvalue weighted by atomic mass is 32.2. The first-order valence-electron chi connectivity index (χ1n) is 8.44. The van der Waals surface area contributed by atoms with E-state index in [1.807, 2.05) is 24.5 Å². The molecule has 0 aromatic heterocycles. The number of nitrogens with one attached hydrogen (secondary N) is 1. The molecule has 1 aliphatic carbocycles. The van der Waals surface area contributed by atoms with Gasteiger partial charge in [-0.05, 0) is 56.2 Å². The summed E-state index contributed by atoms with van der Waals surface area (Å²) in [5.74, 6) is -0.777. The van der Waals surface area contributed by atoms with Crippen molar-refractivity contribution in [3.8, 4) is 6.07 Å². The van der Waals surface area contributed by atoms with Crippen LogP contribution in [0.2, 0.25) is 0 Å². The zero-order valence-corrected chi connectivity index (χ0v) is 16.2. The second kappa shape index (κ2) is 8.72. The number of hydrogen-bond donors (Lipinski definition) is 1. The fraction of sp³-hybridized carbons (Fsp3) is 0.556. The van der Waals surface area contributed by atoms with Crippen LogP contribution in [0.15, 0.2) is 34.1 Å². The number of carbonyl (C=O) groups is 1. The van der Waals surface area contributed by atoms with Crippen molar-refractivity contribution in [1.82, 2.24) is 5.32 Å². The number of thioether (sulfide) groups is 1. The monoisotopic (exact) mass is 380 g/mol. The van der Waals surface area contributed by atoms with Crippen LogP contribution in [0.1, 0.15) is 32.6 Å². The Morgan fingerprint density at radius 3 is 2.56 bits per heavy atom. The lowest BCUT2D eigenvalue weighted by Crippen LogP contribution is -2.42. The van der Waals surface area contributed by atoms with E-state index in [1.54, 1.807) is 30.8 Å². The highest BCUT2D eigenvalue weighted by molar-refractivity contribution is 7.98. The highest BCUT2D eigenvalue weighted by Crippen LogP contribution is 2.37. The highest BCUT2D eigenvalue weighted by Gasteiger charge is 2.40. The van der Waals surface area contributed by atoms with Crippen LogP contribution >= 0.6 is 11.8 Å². The molecule has 3 atom stereocenters. The molecule has 0 aliphatic heterocycles. The molecule has 0 saturated heterocycles. The van der Waals surface area contributed by atoms with Crippen molar-refractivity contribution in [2.75, 3.05) is 12.8 Å². The summed E-state index contributed by atoms with van der Waals surface area (Å²) in [7, 11) is -3.50. The smallest absolute Gasteiger partial charge is 0.224 e. The van der Waals surface area contributed by atoms with E-state index in [-0.39, 0.29) is 24.3 Å². The number of amides is 1. The summed E-state index contributed by atoms with van der Waals surface area (Å²) in [6, 6.07) is 8.80. The number of nitriles is 1. The molecule has 0 heterocycles. The summed E-state index contributed by atoms with van der Waals surface area (Å²) in [4.78, 5) is 13.7. The number of nitrogens with zero attached hydrogens (tertiary/aromatic N) is 1. The number of rotatable bonds is 6. The molecule has 1 aliphatic rings. The van der Waals surface area contributed by atoms with Crippen LogP contribution in [0.5, 0.6) is 0 Å². The van der Waals surface area contributed by atoms with E-state index in [0.29, 0.717) is 17.7 Å². The van der Waals surface area contributed by atoms with E-state index in [2.05, 4.69) is 5.32 Å². The lowest BCUT2D eigenvalue weighted by molar-refractivity contribution is -0.127. The van der Waals surface area contributed by atoms with Gasteiger partial charge < -0.3 is 5.32 Å². The van der Waals surface area contributed by atoms with Gasteiger partial charge in [0, 0.05) is 10.8 Å². The molecule has 3 unspecified atom stereocenters. The minimum atomic E-state index is -3.50. The maximum atomic E-state index is 13.0. The number of benzene rings is 1. The number of hydrogen-bond acceptors (Lipinski definition) is 5. The third-order valence-corrected chi connectivity index (χ3v) is 7.98. The average Bonchev–Trinajstić information content (AvgIpc) is 2.65. The minimum absolute atomic E-state index is 0.0423. The summed E-state index contributed by atoms with van der Waals surface area (Å²) in [6.07, 6.45) is 5.17. The van der Waals surface area contributed by atoms with Crippen LogP contribution in [-0.4, -0.2) is 32.4 Å². The molecule has 25 heavy (non-hydrogen) atoms. The first-order valence-corrected chi connectivity index (χ1v) is 11.2. The Labute approximate surface area is 154 Å². The van der Waals surface area contributed by atoms with Gasteiger partial charge >= 0.3 is 0 Å². The SMILES string of the molecule is CSc1ccc(S(=O)(=O)C(C)C2CCCCC2C(=O)NCC#N)cc1. The van der Waals surface area contributed by atoms with Crippen molar-refractivity contribution in [2.24, 2.45) is 11.8 Å². The van der Waals surface area contributed by atoms with E-state index >= 15 is 0 Å². The Balaban J connectivity index is 2.23. The molecule has 1 N–H and O–H groups in total. The predicted molar refractivity (Wildman–Crippen MR) is 98.9 cm³/mol. The van der Waals surface area contributed by atoms with Gasteiger partial charge in [-0.3, -0.25) is 4.79 Å². The lowest BCUT2D eigenvalue weighted by atomic mass is 9.77. The molecule has 0 bridgehead atoms. The average molecular weight is 381 g/mol. The molecule has 5 nitrogen and oxygen atoms in total. The van der Waals surface area contributed by atoms with Crippen LogP contribution < -0.4 is 5.32 Å². The Morgan fingerprint density at radius 2 is 1.96 bits per heavy atom. The van der Waals surface area contributed by atoms with Crippen molar-refractivity contribution in [3.63, 3.8) is 0 Å². The molecule has 1 aromatic rings. The molecule has 7 heteroatoms. The third-order valence-electron chi connectivity index (χ3n) is 4.98. The normalized spacial score (nSPS) is 22.0. The summed E-state index contributed by atoms with van der Waals surface area (Å²) >= 11 is 1.56. The van der Waals surface area contributed by atoms with Gasteiger partial charge in [0.25, 0.3) is 0 Å². The van der Waals surface area contributed by atoms with Crippen LogP contribution in [0, 0.1) is 23.2 Å². The predicted octanol–water partition coefficient (Wildman–Crippen LogP) is 3.02. The zero-order chi connectivity index (χ0) is 18.4. The van der Waals surface area contributed by atoms with Crippen molar-refractivity contribution >= 4 is 27.5 Å².